The maximum Gasteiger partial charge on any atom is 0.131 e. The molecule has 0 saturated carbocycles. The first-order valence-corrected chi connectivity index (χ1v) is 5.08. The molecule has 1 aromatic carbocycles. The topological polar surface area (TPSA) is 55.0 Å². The Kier molecular flexibility index (Phi) is 3.00. The van der Waals surface area contributed by atoms with Crippen LogP contribution in [-0.2, 0) is 6.54 Å². The van der Waals surface area contributed by atoms with Gasteiger partial charge in [-0.2, -0.15) is 0 Å². The Morgan fingerprint density at radius 3 is 2.75 bits per heavy atom. The van der Waals surface area contributed by atoms with Crippen molar-refractivity contribution >= 4 is 11.5 Å². The van der Waals surface area contributed by atoms with E-state index in [9.17, 15) is 0 Å². The van der Waals surface area contributed by atoms with Crippen LogP contribution in [0.4, 0.5) is 11.5 Å². The molecule has 0 bridgehead atoms. The number of nitrogen functional groups attached to an aromatic ring is 1. The number of nitrogens with zero attached hydrogens (tertiary/aromatic N) is 3. The van der Waals surface area contributed by atoms with Gasteiger partial charge in [0, 0.05) is 25.5 Å². The normalized spacial score (nSPS) is 10.1. The van der Waals surface area contributed by atoms with Gasteiger partial charge in [0.15, 0.2) is 0 Å². The number of benzene rings is 1. The zero-order chi connectivity index (χ0) is 11.4. The van der Waals surface area contributed by atoms with Gasteiger partial charge in [-0.15, -0.1) is 0 Å². The van der Waals surface area contributed by atoms with E-state index in [1.54, 1.807) is 12.5 Å². The van der Waals surface area contributed by atoms with Crippen LogP contribution in [0.25, 0.3) is 0 Å². The van der Waals surface area contributed by atoms with Gasteiger partial charge in [0.1, 0.15) is 12.1 Å². The van der Waals surface area contributed by atoms with Crippen LogP contribution < -0.4 is 10.6 Å². The van der Waals surface area contributed by atoms with Crippen molar-refractivity contribution in [2.75, 3.05) is 17.7 Å². The average molecular weight is 214 g/mol. The fourth-order valence-corrected chi connectivity index (χ4v) is 1.52. The molecule has 16 heavy (non-hydrogen) atoms. The van der Waals surface area contributed by atoms with E-state index < -0.39 is 0 Å². The molecule has 1 aromatic heterocycles. The lowest BCUT2D eigenvalue weighted by Crippen LogP contribution is -2.18. The van der Waals surface area contributed by atoms with E-state index in [-0.39, 0.29) is 0 Å². The Hall–Kier alpha value is -2.10. The van der Waals surface area contributed by atoms with E-state index in [0.717, 1.165) is 23.6 Å². The number of para-hydroxylation sites is 1. The largest absolute Gasteiger partial charge is 0.398 e. The van der Waals surface area contributed by atoms with Crippen molar-refractivity contribution in [3.63, 3.8) is 0 Å². The van der Waals surface area contributed by atoms with E-state index in [2.05, 4.69) is 9.97 Å². The lowest BCUT2D eigenvalue weighted by molar-refractivity contribution is 0.893. The minimum absolute atomic E-state index is 0.740. The molecule has 2 rings (SSSR count). The Balaban J connectivity index is 2.14. The van der Waals surface area contributed by atoms with Gasteiger partial charge in [0.25, 0.3) is 0 Å². The summed E-state index contributed by atoms with van der Waals surface area (Å²) in [6, 6.07) is 9.72. The monoisotopic (exact) mass is 214 g/mol. The number of nitrogens with two attached hydrogens (primary N) is 1. The van der Waals surface area contributed by atoms with E-state index in [4.69, 9.17) is 5.73 Å². The van der Waals surface area contributed by atoms with Crippen molar-refractivity contribution in [2.45, 2.75) is 6.54 Å². The second-order valence-electron chi connectivity index (χ2n) is 3.62. The molecule has 2 aromatic rings. The fourth-order valence-electron chi connectivity index (χ4n) is 1.52. The molecule has 2 N–H and O–H groups in total. The average Bonchev–Trinajstić information content (AvgIpc) is 2.33. The van der Waals surface area contributed by atoms with E-state index in [1.165, 1.54) is 0 Å². The molecular formula is C12H14N4. The van der Waals surface area contributed by atoms with Gasteiger partial charge in [-0.25, -0.2) is 9.97 Å². The minimum atomic E-state index is 0.740. The zero-order valence-corrected chi connectivity index (χ0v) is 9.17. The minimum Gasteiger partial charge on any atom is -0.398 e. The summed E-state index contributed by atoms with van der Waals surface area (Å²) >= 11 is 0. The molecule has 0 fully saturated rings. The molecule has 4 heteroatoms. The van der Waals surface area contributed by atoms with Gasteiger partial charge in [-0.3, -0.25) is 0 Å². The quantitative estimate of drug-likeness (QED) is 0.790. The molecule has 82 valence electrons. The zero-order valence-electron chi connectivity index (χ0n) is 9.17. The lowest BCUT2D eigenvalue weighted by Gasteiger charge is -2.18. The molecule has 0 amide bonds. The van der Waals surface area contributed by atoms with Crippen LogP contribution in [0.15, 0.2) is 42.9 Å². The van der Waals surface area contributed by atoms with Crippen molar-refractivity contribution in [1.82, 2.24) is 9.97 Å². The number of aromatic nitrogens is 2. The maximum absolute atomic E-state index is 5.89. The summed E-state index contributed by atoms with van der Waals surface area (Å²) in [6.07, 6.45) is 3.27. The first kappa shape index (κ1) is 10.4. The molecule has 0 aliphatic heterocycles. The molecular weight excluding hydrogens is 200 g/mol. The van der Waals surface area contributed by atoms with Crippen LogP contribution in [0.1, 0.15) is 5.56 Å². The van der Waals surface area contributed by atoms with Crippen LogP contribution in [0.2, 0.25) is 0 Å². The van der Waals surface area contributed by atoms with Crippen LogP contribution in [0, 0.1) is 0 Å². The van der Waals surface area contributed by atoms with Gasteiger partial charge in [-0.1, -0.05) is 18.2 Å². The Morgan fingerprint density at radius 1 is 1.25 bits per heavy atom. The predicted octanol–water partition coefficient (Wildman–Crippen LogP) is 1.70. The van der Waals surface area contributed by atoms with Gasteiger partial charge in [0.05, 0.1) is 0 Å². The molecule has 0 atom stereocenters. The highest BCUT2D eigenvalue weighted by molar-refractivity contribution is 5.49. The molecule has 0 aliphatic carbocycles. The van der Waals surface area contributed by atoms with Crippen molar-refractivity contribution in [1.29, 1.82) is 0 Å². The van der Waals surface area contributed by atoms with E-state index in [0.29, 0.717) is 0 Å². The van der Waals surface area contributed by atoms with Gasteiger partial charge >= 0.3 is 0 Å². The highest BCUT2D eigenvalue weighted by Gasteiger charge is 2.04. The standard InChI is InChI=1S/C12H14N4/c1-16(12-6-7-14-9-15-12)8-10-4-2-3-5-11(10)13/h2-7,9H,8,13H2,1H3. The number of anilines is 2. The summed E-state index contributed by atoms with van der Waals surface area (Å²) in [4.78, 5) is 10.1. The summed E-state index contributed by atoms with van der Waals surface area (Å²) in [6.45, 7) is 0.740. The van der Waals surface area contributed by atoms with Crippen molar-refractivity contribution in [3.8, 4) is 0 Å². The second kappa shape index (κ2) is 4.61. The molecule has 0 spiro atoms. The molecule has 0 saturated heterocycles. The molecule has 4 nitrogen and oxygen atoms in total. The second-order valence-corrected chi connectivity index (χ2v) is 3.62. The highest BCUT2D eigenvalue weighted by Crippen LogP contribution is 2.15. The fraction of sp³-hybridized carbons (Fsp3) is 0.167. The molecule has 0 unspecified atom stereocenters. The maximum atomic E-state index is 5.89. The van der Waals surface area contributed by atoms with E-state index >= 15 is 0 Å². The summed E-state index contributed by atoms with van der Waals surface area (Å²) in [5.74, 6) is 0.887. The lowest BCUT2D eigenvalue weighted by atomic mass is 10.2. The van der Waals surface area contributed by atoms with Crippen LogP contribution in [0.5, 0.6) is 0 Å². The molecule has 1 heterocycles. The molecule has 0 aliphatic rings. The predicted molar refractivity (Wildman–Crippen MR) is 65.0 cm³/mol. The third-order valence-corrected chi connectivity index (χ3v) is 2.42. The third kappa shape index (κ3) is 2.28. The van der Waals surface area contributed by atoms with Crippen LogP contribution in [-0.4, -0.2) is 17.0 Å². The summed E-state index contributed by atoms with van der Waals surface area (Å²) in [7, 11) is 1.98. The van der Waals surface area contributed by atoms with Crippen molar-refractivity contribution < 1.29 is 0 Å². The van der Waals surface area contributed by atoms with Crippen LogP contribution in [0.3, 0.4) is 0 Å². The van der Waals surface area contributed by atoms with Gasteiger partial charge in [-0.05, 0) is 17.7 Å². The number of hydrogen-bond donors (Lipinski definition) is 1. The Morgan fingerprint density at radius 2 is 2.06 bits per heavy atom. The summed E-state index contributed by atoms with van der Waals surface area (Å²) < 4.78 is 0. The molecule has 0 radical (unpaired) electrons. The van der Waals surface area contributed by atoms with E-state index in [1.807, 2.05) is 42.3 Å². The highest BCUT2D eigenvalue weighted by atomic mass is 15.2. The third-order valence-electron chi connectivity index (χ3n) is 2.42. The first-order chi connectivity index (χ1) is 7.77. The smallest absolute Gasteiger partial charge is 0.131 e. The SMILES string of the molecule is CN(Cc1ccccc1N)c1ccncn1. The van der Waals surface area contributed by atoms with Gasteiger partial charge in [0.2, 0.25) is 0 Å². The Bertz CT molecular complexity index is 456. The Labute approximate surface area is 94.8 Å². The van der Waals surface area contributed by atoms with Crippen molar-refractivity contribution in [3.05, 3.63) is 48.4 Å². The summed E-state index contributed by atoms with van der Waals surface area (Å²) in [5.41, 5.74) is 7.80. The number of rotatable bonds is 3. The summed E-state index contributed by atoms with van der Waals surface area (Å²) in [5, 5.41) is 0. The van der Waals surface area contributed by atoms with Crippen LogP contribution >= 0.6 is 0 Å². The van der Waals surface area contributed by atoms with Gasteiger partial charge < -0.3 is 10.6 Å². The first-order valence-electron chi connectivity index (χ1n) is 5.08. The number of hydrogen-bond acceptors (Lipinski definition) is 4. The van der Waals surface area contributed by atoms with Crippen molar-refractivity contribution in [2.24, 2.45) is 0 Å².